The predicted molar refractivity (Wildman–Crippen MR) is 73.6 cm³/mol. The Balaban J connectivity index is 2.96. The topological polar surface area (TPSA) is 66.9 Å². The van der Waals surface area contributed by atoms with Crippen LogP contribution in [0.1, 0.15) is 13.8 Å². The molecule has 1 aliphatic rings. The normalized spacial score (nSPS) is 23.6. The van der Waals surface area contributed by atoms with E-state index in [2.05, 4.69) is 0 Å². The van der Waals surface area contributed by atoms with Gasteiger partial charge in [-0.3, -0.25) is 4.79 Å². The van der Waals surface area contributed by atoms with E-state index in [-0.39, 0.29) is 12.7 Å². The molecule has 1 fully saturated rings. The van der Waals surface area contributed by atoms with Crippen LogP contribution in [0.2, 0.25) is 0 Å². The van der Waals surface area contributed by atoms with Gasteiger partial charge in [0.15, 0.2) is 0 Å². The lowest BCUT2D eigenvalue weighted by molar-refractivity contribution is -0.170. The van der Waals surface area contributed by atoms with Gasteiger partial charge in [-0.05, 0) is 13.8 Å². The van der Waals surface area contributed by atoms with Crippen LogP contribution < -0.4 is 0 Å². The molecule has 1 saturated heterocycles. The highest BCUT2D eigenvalue weighted by molar-refractivity contribution is 7.89. The number of amides is 1. The second-order valence-electron chi connectivity index (χ2n) is 5.67. The van der Waals surface area contributed by atoms with E-state index < -0.39 is 46.4 Å². The number of carbonyl (C=O) groups is 1. The maximum Gasteiger partial charge on any atom is 0.394 e. The van der Waals surface area contributed by atoms with E-state index in [1.165, 1.54) is 14.1 Å². The molecular weight excluding hydrogens is 325 g/mol. The highest BCUT2D eigenvalue weighted by atomic mass is 32.2. The van der Waals surface area contributed by atoms with E-state index in [9.17, 15) is 26.4 Å². The van der Waals surface area contributed by atoms with Crippen LogP contribution in [0.3, 0.4) is 0 Å². The van der Waals surface area contributed by atoms with Gasteiger partial charge in [0.2, 0.25) is 15.9 Å². The van der Waals surface area contributed by atoms with Crippen LogP contribution in [0.4, 0.5) is 13.2 Å². The summed E-state index contributed by atoms with van der Waals surface area (Å²) >= 11 is 0. The Bertz CT molecular complexity index is 505. The minimum Gasteiger partial charge on any atom is -0.369 e. The van der Waals surface area contributed by atoms with Crippen molar-refractivity contribution in [3.05, 3.63) is 0 Å². The third-order valence-electron chi connectivity index (χ3n) is 3.47. The summed E-state index contributed by atoms with van der Waals surface area (Å²) in [5.74, 6) is -2.73. The summed E-state index contributed by atoms with van der Waals surface area (Å²) in [7, 11) is -1.78. The third kappa shape index (κ3) is 4.32. The standard InChI is InChI=1S/C12H21F3N2O4S/c1-8(2)21-7-11(18)17-5-9(12(13,14)15)10(6-17)22(19,20)16(3)4/h8-10H,5-7H2,1-4H3/t9-,10-/m1/s1. The fraction of sp³-hybridized carbons (Fsp3) is 0.917. The highest BCUT2D eigenvalue weighted by Gasteiger charge is 2.55. The maximum absolute atomic E-state index is 13.1. The monoisotopic (exact) mass is 346 g/mol. The lowest BCUT2D eigenvalue weighted by Gasteiger charge is -2.23. The first kappa shape index (κ1) is 19.2. The van der Waals surface area contributed by atoms with Crippen molar-refractivity contribution in [2.75, 3.05) is 33.8 Å². The number of carbonyl (C=O) groups excluding carboxylic acids is 1. The molecule has 22 heavy (non-hydrogen) atoms. The number of ether oxygens (including phenoxy) is 1. The zero-order valence-electron chi connectivity index (χ0n) is 12.9. The van der Waals surface area contributed by atoms with Crippen LogP contribution >= 0.6 is 0 Å². The van der Waals surface area contributed by atoms with E-state index in [1.54, 1.807) is 13.8 Å². The molecule has 10 heteroatoms. The number of nitrogens with zero attached hydrogens (tertiary/aromatic N) is 2. The third-order valence-corrected chi connectivity index (χ3v) is 5.73. The molecular formula is C12H21F3N2O4S. The Morgan fingerprint density at radius 1 is 1.32 bits per heavy atom. The Kier molecular flexibility index (Phi) is 5.85. The van der Waals surface area contributed by atoms with Gasteiger partial charge in [-0.2, -0.15) is 13.2 Å². The van der Waals surface area contributed by atoms with Crippen molar-refractivity contribution in [3.63, 3.8) is 0 Å². The molecule has 0 radical (unpaired) electrons. The molecule has 0 aromatic rings. The smallest absolute Gasteiger partial charge is 0.369 e. The lowest BCUT2D eigenvalue weighted by atomic mass is 10.1. The Labute approximate surface area is 128 Å². The van der Waals surface area contributed by atoms with E-state index in [4.69, 9.17) is 4.74 Å². The molecule has 0 spiro atoms. The quantitative estimate of drug-likeness (QED) is 0.735. The summed E-state index contributed by atoms with van der Waals surface area (Å²) in [5, 5.41) is -1.69. The van der Waals surface area contributed by atoms with E-state index in [1.807, 2.05) is 0 Å². The number of alkyl halides is 3. The second kappa shape index (κ2) is 6.71. The van der Waals surface area contributed by atoms with Gasteiger partial charge >= 0.3 is 6.18 Å². The van der Waals surface area contributed by atoms with Gasteiger partial charge in [-0.1, -0.05) is 0 Å². The molecule has 2 atom stereocenters. The van der Waals surface area contributed by atoms with E-state index >= 15 is 0 Å². The average Bonchev–Trinajstić information content (AvgIpc) is 2.81. The summed E-state index contributed by atoms with van der Waals surface area (Å²) in [4.78, 5) is 12.8. The van der Waals surface area contributed by atoms with Gasteiger partial charge in [0.25, 0.3) is 0 Å². The summed E-state index contributed by atoms with van der Waals surface area (Å²) < 4.78 is 69.3. The number of likely N-dealkylation sites (tertiary alicyclic amines) is 1. The molecule has 0 N–H and O–H groups in total. The van der Waals surface area contributed by atoms with Crippen LogP contribution in [-0.2, 0) is 19.6 Å². The van der Waals surface area contributed by atoms with Crippen molar-refractivity contribution in [1.29, 1.82) is 0 Å². The summed E-state index contributed by atoms with van der Waals surface area (Å²) in [6, 6.07) is 0. The number of halogens is 3. The highest BCUT2D eigenvalue weighted by Crippen LogP contribution is 2.37. The predicted octanol–water partition coefficient (Wildman–Crippen LogP) is 0.692. The summed E-state index contributed by atoms with van der Waals surface area (Å²) in [6.45, 7) is 1.87. The molecule has 6 nitrogen and oxygen atoms in total. The maximum atomic E-state index is 13.1. The van der Waals surface area contributed by atoms with Crippen LogP contribution in [0.25, 0.3) is 0 Å². The summed E-state index contributed by atoms with van der Waals surface area (Å²) in [5.41, 5.74) is 0. The van der Waals surface area contributed by atoms with Gasteiger partial charge in [0.05, 0.1) is 12.0 Å². The zero-order chi connectivity index (χ0) is 17.3. The first-order chi connectivity index (χ1) is 9.87. The molecule has 130 valence electrons. The molecule has 0 aliphatic carbocycles. The molecule has 1 rings (SSSR count). The Hall–Kier alpha value is -0.870. The zero-order valence-corrected chi connectivity index (χ0v) is 13.7. The minimum absolute atomic E-state index is 0.244. The number of hydrogen-bond donors (Lipinski definition) is 0. The van der Waals surface area contributed by atoms with E-state index in [0.29, 0.717) is 0 Å². The number of rotatable bonds is 5. The molecule has 1 amide bonds. The molecule has 0 bridgehead atoms. The molecule has 1 heterocycles. The Morgan fingerprint density at radius 3 is 2.27 bits per heavy atom. The SMILES string of the molecule is CC(C)OCC(=O)N1C[C@@H](C(F)(F)F)[C@H](S(=O)(=O)N(C)C)C1. The van der Waals surface area contributed by atoms with E-state index in [0.717, 1.165) is 9.21 Å². The van der Waals surface area contributed by atoms with Crippen LogP contribution in [-0.4, -0.2) is 74.9 Å². The molecule has 0 aromatic carbocycles. The molecule has 0 unspecified atom stereocenters. The van der Waals surface area contributed by atoms with Crippen molar-refractivity contribution in [3.8, 4) is 0 Å². The molecule has 0 saturated carbocycles. The van der Waals surface area contributed by atoms with Gasteiger partial charge in [-0.25, -0.2) is 12.7 Å². The van der Waals surface area contributed by atoms with Crippen molar-refractivity contribution >= 4 is 15.9 Å². The van der Waals surface area contributed by atoms with Crippen molar-refractivity contribution in [2.45, 2.75) is 31.4 Å². The van der Waals surface area contributed by atoms with Crippen molar-refractivity contribution in [2.24, 2.45) is 5.92 Å². The van der Waals surface area contributed by atoms with Gasteiger partial charge in [-0.15, -0.1) is 0 Å². The number of hydrogen-bond acceptors (Lipinski definition) is 4. The Morgan fingerprint density at radius 2 is 1.86 bits per heavy atom. The first-order valence-electron chi connectivity index (χ1n) is 6.74. The fourth-order valence-corrected chi connectivity index (χ4v) is 3.76. The second-order valence-corrected chi connectivity index (χ2v) is 8.04. The molecule has 0 aromatic heterocycles. The lowest BCUT2D eigenvalue weighted by Crippen LogP contribution is -2.43. The largest absolute Gasteiger partial charge is 0.394 e. The van der Waals surface area contributed by atoms with Gasteiger partial charge in [0.1, 0.15) is 11.9 Å². The minimum atomic E-state index is -4.69. The van der Waals surface area contributed by atoms with Gasteiger partial charge < -0.3 is 9.64 Å². The van der Waals surface area contributed by atoms with Crippen LogP contribution in [0.5, 0.6) is 0 Å². The van der Waals surface area contributed by atoms with Crippen molar-refractivity contribution in [1.82, 2.24) is 9.21 Å². The number of sulfonamides is 1. The fourth-order valence-electron chi connectivity index (χ4n) is 2.19. The summed E-state index contributed by atoms with van der Waals surface area (Å²) in [6.07, 6.45) is -4.94. The van der Waals surface area contributed by atoms with Crippen LogP contribution in [0.15, 0.2) is 0 Å². The van der Waals surface area contributed by atoms with Crippen LogP contribution in [0, 0.1) is 5.92 Å². The first-order valence-corrected chi connectivity index (χ1v) is 8.25. The van der Waals surface area contributed by atoms with Crippen molar-refractivity contribution < 1.29 is 31.1 Å². The molecule has 1 aliphatic heterocycles. The average molecular weight is 346 g/mol. The van der Waals surface area contributed by atoms with Gasteiger partial charge in [0, 0.05) is 27.2 Å².